The van der Waals surface area contributed by atoms with E-state index in [-0.39, 0.29) is 6.04 Å². The van der Waals surface area contributed by atoms with Crippen molar-refractivity contribution in [2.24, 2.45) is 0 Å². The smallest absolute Gasteiger partial charge is 0.199 e. The first kappa shape index (κ1) is 15.7. The molecule has 0 spiro atoms. The molecule has 0 fully saturated rings. The topological polar surface area (TPSA) is 26.0 Å². The highest BCUT2D eigenvalue weighted by atomic mass is 32.1. The highest BCUT2D eigenvalue weighted by molar-refractivity contribution is 7.71. The van der Waals surface area contributed by atoms with Crippen LogP contribution in [0.4, 0.5) is 0 Å². The first-order valence-electron chi connectivity index (χ1n) is 8.19. The molecule has 2 aromatic heterocycles. The highest BCUT2D eigenvalue weighted by Crippen LogP contribution is 2.24. The van der Waals surface area contributed by atoms with E-state index in [1.54, 1.807) is 0 Å². The van der Waals surface area contributed by atoms with Crippen LogP contribution in [0.3, 0.4) is 0 Å². The number of fused-ring (bicyclic) bond motifs is 1. The molecule has 0 N–H and O–H groups in total. The minimum absolute atomic E-state index is 0.192. The minimum atomic E-state index is 0.192. The fourth-order valence-corrected chi connectivity index (χ4v) is 4.42. The Labute approximate surface area is 151 Å². The first-order valence-corrected chi connectivity index (χ1v) is 9.47. The SMILES string of the molecule is C[C@H](c1ccccc1)n1cnn(CN2CCc3sccc3C2)c1=S. The number of nitrogens with zero attached hydrogens (tertiary/aromatic N) is 4. The lowest BCUT2D eigenvalue weighted by molar-refractivity contribution is 0.189. The summed E-state index contributed by atoms with van der Waals surface area (Å²) < 4.78 is 4.79. The highest BCUT2D eigenvalue weighted by Gasteiger charge is 2.18. The first-order chi connectivity index (χ1) is 11.7. The van der Waals surface area contributed by atoms with E-state index in [2.05, 4.69) is 57.2 Å². The molecule has 0 aliphatic carbocycles. The molecule has 0 bridgehead atoms. The summed E-state index contributed by atoms with van der Waals surface area (Å²) >= 11 is 7.54. The van der Waals surface area contributed by atoms with E-state index in [0.29, 0.717) is 0 Å². The van der Waals surface area contributed by atoms with Crippen molar-refractivity contribution in [3.8, 4) is 0 Å². The summed E-state index contributed by atoms with van der Waals surface area (Å²) in [6, 6.07) is 12.9. The molecule has 124 valence electrons. The summed E-state index contributed by atoms with van der Waals surface area (Å²) in [6.45, 7) is 4.97. The van der Waals surface area contributed by atoms with Crippen molar-refractivity contribution in [2.45, 2.75) is 32.6 Å². The lowest BCUT2D eigenvalue weighted by Crippen LogP contribution is -2.32. The molecule has 6 heteroatoms. The van der Waals surface area contributed by atoms with Crippen LogP contribution >= 0.6 is 23.6 Å². The van der Waals surface area contributed by atoms with Gasteiger partial charge in [0.25, 0.3) is 0 Å². The average Bonchev–Trinajstić information content (AvgIpc) is 3.22. The second kappa shape index (κ2) is 6.63. The monoisotopic (exact) mass is 356 g/mol. The van der Waals surface area contributed by atoms with E-state index >= 15 is 0 Å². The lowest BCUT2D eigenvalue weighted by atomic mass is 10.1. The van der Waals surface area contributed by atoms with Crippen molar-refractivity contribution in [1.29, 1.82) is 0 Å². The van der Waals surface area contributed by atoms with E-state index < -0.39 is 0 Å². The van der Waals surface area contributed by atoms with Crippen molar-refractivity contribution < 1.29 is 0 Å². The van der Waals surface area contributed by atoms with Crippen molar-refractivity contribution >= 4 is 23.6 Å². The third-order valence-electron chi connectivity index (χ3n) is 4.68. The van der Waals surface area contributed by atoms with Crippen LogP contribution in [0.5, 0.6) is 0 Å². The van der Waals surface area contributed by atoms with Crippen LogP contribution in [-0.2, 0) is 19.6 Å². The molecule has 1 aromatic carbocycles. The van der Waals surface area contributed by atoms with Crippen LogP contribution in [0.1, 0.15) is 29.0 Å². The number of benzene rings is 1. The number of aromatic nitrogens is 3. The maximum Gasteiger partial charge on any atom is 0.199 e. The lowest BCUT2D eigenvalue weighted by Gasteiger charge is -2.26. The normalized spacial score (nSPS) is 16.0. The number of hydrogen-bond acceptors (Lipinski definition) is 4. The average molecular weight is 357 g/mol. The van der Waals surface area contributed by atoms with Crippen molar-refractivity contribution in [1.82, 2.24) is 19.2 Å². The largest absolute Gasteiger partial charge is 0.299 e. The molecule has 0 amide bonds. The Balaban J connectivity index is 1.52. The fraction of sp³-hybridized carbons (Fsp3) is 0.333. The number of hydrogen-bond donors (Lipinski definition) is 0. The summed E-state index contributed by atoms with van der Waals surface area (Å²) in [5, 5.41) is 6.73. The Hall–Kier alpha value is -1.76. The summed E-state index contributed by atoms with van der Waals surface area (Å²) in [4.78, 5) is 3.94. The van der Waals surface area contributed by atoms with Gasteiger partial charge in [-0.2, -0.15) is 5.10 Å². The zero-order chi connectivity index (χ0) is 16.5. The van der Waals surface area contributed by atoms with Crippen LogP contribution in [0, 0.1) is 4.77 Å². The molecule has 1 atom stereocenters. The maximum atomic E-state index is 5.67. The van der Waals surface area contributed by atoms with Gasteiger partial charge in [-0.25, -0.2) is 4.68 Å². The van der Waals surface area contributed by atoms with Gasteiger partial charge in [0.15, 0.2) is 4.77 Å². The molecule has 4 nitrogen and oxygen atoms in total. The van der Waals surface area contributed by atoms with Gasteiger partial charge in [-0.05, 0) is 48.1 Å². The molecule has 0 radical (unpaired) electrons. The van der Waals surface area contributed by atoms with Gasteiger partial charge in [0.05, 0.1) is 12.7 Å². The van der Waals surface area contributed by atoms with Crippen LogP contribution in [0.25, 0.3) is 0 Å². The Morgan fingerprint density at radius 2 is 2.08 bits per heavy atom. The molecule has 1 aliphatic heterocycles. The molecule has 0 unspecified atom stereocenters. The van der Waals surface area contributed by atoms with Gasteiger partial charge in [-0.15, -0.1) is 11.3 Å². The quantitative estimate of drug-likeness (QED) is 0.658. The molecule has 3 aromatic rings. The zero-order valence-corrected chi connectivity index (χ0v) is 15.3. The second-order valence-corrected chi connectivity index (χ2v) is 7.59. The predicted octanol–water partition coefficient (Wildman–Crippen LogP) is 4.10. The van der Waals surface area contributed by atoms with E-state index in [1.165, 1.54) is 16.0 Å². The summed E-state index contributed by atoms with van der Waals surface area (Å²) in [6.07, 6.45) is 2.99. The van der Waals surface area contributed by atoms with E-state index in [0.717, 1.165) is 31.0 Å². The molecule has 24 heavy (non-hydrogen) atoms. The van der Waals surface area contributed by atoms with Crippen LogP contribution in [0.2, 0.25) is 0 Å². The molecule has 3 heterocycles. The Bertz CT molecular complexity index is 878. The van der Waals surface area contributed by atoms with E-state index in [4.69, 9.17) is 12.2 Å². The summed E-state index contributed by atoms with van der Waals surface area (Å²) in [5.41, 5.74) is 2.70. The molecule has 1 aliphatic rings. The molecular formula is C18H20N4S2. The van der Waals surface area contributed by atoms with Gasteiger partial charge in [0.1, 0.15) is 6.33 Å². The molecule has 4 rings (SSSR count). The van der Waals surface area contributed by atoms with Crippen LogP contribution < -0.4 is 0 Å². The van der Waals surface area contributed by atoms with Crippen LogP contribution in [0.15, 0.2) is 48.1 Å². The maximum absolute atomic E-state index is 5.67. The zero-order valence-electron chi connectivity index (χ0n) is 13.6. The fourth-order valence-electron chi connectivity index (χ4n) is 3.22. The van der Waals surface area contributed by atoms with Crippen LogP contribution in [-0.4, -0.2) is 25.8 Å². The van der Waals surface area contributed by atoms with Gasteiger partial charge < -0.3 is 0 Å². The van der Waals surface area contributed by atoms with Gasteiger partial charge in [-0.3, -0.25) is 9.47 Å². The molecule has 0 saturated heterocycles. The third kappa shape index (κ3) is 2.97. The molecule has 0 saturated carbocycles. The summed E-state index contributed by atoms with van der Waals surface area (Å²) in [7, 11) is 0. The van der Waals surface area contributed by atoms with Gasteiger partial charge in [0.2, 0.25) is 0 Å². The van der Waals surface area contributed by atoms with Gasteiger partial charge in [0, 0.05) is 18.0 Å². The number of thiophene rings is 1. The summed E-state index contributed by atoms with van der Waals surface area (Å²) in [5.74, 6) is 0. The Morgan fingerprint density at radius 3 is 2.92 bits per heavy atom. The Kier molecular flexibility index (Phi) is 4.35. The Morgan fingerprint density at radius 1 is 1.25 bits per heavy atom. The second-order valence-electron chi connectivity index (χ2n) is 6.22. The van der Waals surface area contributed by atoms with Gasteiger partial charge >= 0.3 is 0 Å². The van der Waals surface area contributed by atoms with Crippen molar-refractivity contribution in [2.75, 3.05) is 6.54 Å². The predicted molar refractivity (Wildman–Crippen MR) is 99.7 cm³/mol. The van der Waals surface area contributed by atoms with E-state index in [1.807, 2.05) is 28.4 Å². The van der Waals surface area contributed by atoms with Crippen molar-refractivity contribution in [3.63, 3.8) is 0 Å². The van der Waals surface area contributed by atoms with E-state index in [9.17, 15) is 0 Å². The minimum Gasteiger partial charge on any atom is -0.299 e. The number of rotatable bonds is 4. The van der Waals surface area contributed by atoms with Gasteiger partial charge in [-0.1, -0.05) is 30.3 Å². The third-order valence-corrected chi connectivity index (χ3v) is 6.12. The molecular weight excluding hydrogens is 336 g/mol. The van der Waals surface area contributed by atoms with Crippen molar-refractivity contribution in [3.05, 3.63) is 68.9 Å². The standard InChI is InChI=1S/C18H20N4S2/c1-14(15-5-3-2-4-6-15)21-12-19-22(18(21)23)13-20-9-7-17-16(11-20)8-10-24-17/h2-6,8,10,12,14H,7,9,11,13H2,1H3/t14-/m1/s1.